The molecule has 1 heterocycles. The maximum absolute atomic E-state index is 13.6. The lowest BCUT2D eigenvalue weighted by Gasteiger charge is -2.10. The van der Waals surface area contributed by atoms with Crippen LogP contribution in [0.5, 0.6) is 0 Å². The molecule has 0 unspecified atom stereocenters. The first kappa shape index (κ1) is 18.6. The summed E-state index contributed by atoms with van der Waals surface area (Å²) in [4.78, 5) is 16.5. The molecule has 2 N–H and O–H groups in total. The molecule has 0 saturated heterocycles. The molecular weight excluding hydrogens is 341 g/mol. The number of halogens is 1. The van der Waals surface area contributed by atoms with Crippen molar-refractivity contribution in [2.45, 2.75) is 20.3 Å². The summed E-state index contributed by atoms with van der Waals surface area (Å²) in [6.45, 7) is 4.43. The smallest absolute Gasteiger partial charge is 0.269 e. The minimum atomic E-state index is -0.282. The van der Waals surface area contributed by atoms with E-state index in [1.165, 1.54) is 6.07 Å². The number of hydrogen-bond donors (Lipinski definition) is 2. The van der Waals surface area contributed by atoms with Gasteiger partial charge in [0.1, 0.15) is 11.5 Å². The van der Waals surface area contributed by atoms with Gasteiger partial charge in [0.15, 0.2) is 0 Å². The maximum atomic E-state index is 13.6. The Morgan fingerprint density at radius 2 is 1.74 bits per heavy atom. The fraction of sp³-hybridized carbons (Fsp3) is 0.182. The van der Waals surface area contributed by atoms with Crippen LogP contribution in [0.15, 0.2) is 60.8 Å². The third-order valence-corrected chi connectivity index (χ3v) is 4.14. The van der Waals surface area contributed by atoms with Crippen LogP contribution in [0.25, 0.3) is 0 Å². The summed E-state index contributed by atoms with van der Waals surface area (Å²) in [5, 5.41) is 6.09. The number of rotatable bonds is 6. The Bertz CT molecular complexity index is 936. The number of anilines is 2. The molecule has 0 aliphatic carbocycles. The second-order valence-electron chi connectivity index (χ2n) is 6.53. The minimum Gasteiger partial charge on any atom is -0.355 e. The van der Waals surface area contributed by atoms with E-state index in [-0.39, 0.29) is 11.7 Å². The topological polar surface area (TPSA) is 54.0 Å². The normalized spacial score (nSPS) is 10.5. The van der Waals surface area contributed by atoms with Gasteiger partial charge in [0, 0.05) is 24.1 Å². The van der Waals surface area contributed by atoms with Crippen LogP contribution in [0.2, 0.25) is 0 Å². The third-order valence-electron chi connectivity index (χ3n) is 4.14. The summed E-state index contributed by atoms with van der Waals surface area (Å²) in [6.07, 6.45) is 2.02. The number of nitrogens with one attached hydrogen (secondary N) is 2. The highest BCUT2D eigenvalue weighted by Gasteiger charge is 2.09. The molecule has 4 nitrogen and oxygen atoms in total. The van der Waals surface area contributed by atoms with Crippen molar-refractivity contribution in [2.24, 2.45) is 0 Å². The lowest BCUT2D eigenvalue weighted by atomic mass is 10.1. The van der Waals surface area contributed by atoms with Crippen LogP contribution < -0.4 is 10.6 Å². The number of hydrogen-bond acceptors (Lipinski definition) is 3. The van der Waals surface area contributed by atoms with E-state index in [0.29, 0.717) is 24.2 Å². The highest BCUT2D eigenvalue weighted by Crippen LogP contribution is 2.19. The number of benzene rings is 2. The predicted octanol–water partition coefficient (Wildman–Crippen LogP) is 4.55. The Labute approximate surface area is 158 Å². The quantitative estimate of drug-likeness (QED) is 0.675. The Hall–Kier alpha value is -3.21. The SMILES string of the molecule is Cc1cc(C)cc(Nc2ccnc(C(=O)NCCc3ccccc3F)c2)c1. The molecular formula is C22H22FN3O. The van der Waals surface area contributed by atoms with Crippen molar-refractivity contribution >= 4 is 17.3 Å². The molecule has 0 atom stereocenters. The van der Waals surface area contributed by atoms with Gasteiger partial charge in [-0.05, 0) is 67.3 Å². The van der Waals surface area contributed by atoms with Crippen LogP contribution in [0.4, 0.5) is 15.8 Å². The van der Waals surface area contributed by atoms with Gasteiger partial charge in [0.05, 0.1) is 0 Å². The molecule has 0 radical (unpaired) electrons. The van der Waals surface area contributed by atoms with Crippen LogP contribution in [-0.2, 0) is 6.42 Å². The predicted molar refractivity (Wildman–Crippen MR) is 106 cm³/mol. The van der Waals surface area contributed by atoms with Gasteiger partial charge < -0.3 is 10.6 Å². The van der Waals surface area contributed by atoms with Crippen molar-refractivity contribution < 1.29 is 9.18 Å². The van der Waals surface area contributed by atoms with E-state index in [2.05, 4.69) is 21.7 Å². The second-order valence-corrected chi connectivity index (χ2v) is 6.53. The number of aryl methyl sites for hydroxylation is 2. The number of nitrogens with zero attached hydrogens (tertiary/aromatic N) is 1. The summed E-state index contributed by atoms with van der Waals surface area (Å²) < 4.78 is 13.6. The van der Waals surface area contributed by atoms with Crippen LogP contribution in [0, 0.1) is 19.7 Å². The van der Waals surface area contributed by atoms with E-state index in [0.717, 1.165) is 22.5 Å². The Morgan fingerprint density at radius 1 is 1.00 bits per heavy atom. The van der Waals surface area contributed by atoms with Gasteiger partial charge in [0.2, 0.25) is 0 Å². The largest absolute Gasteiger partial charge is 0.355 e. The van der Waals surface area contributed by atoms with Crippen molar-refractivity contribution in [1.82, 2.24) is 10.3 Å². The first-order valence-electron chi connectivity index (χ1n) is 8.84. The Balaban J connectivity index is 1.62. The molecule has 3 aromatic rings. The summed E-state index contributed by atoms with van der Waals surface area (Å²) in [7, 11) is 0. The first-order chi connectivity index (χ1) is 13.0. The number of carbonyl (C=O) groups excluding carboxylic acids is 1. The van der Waals surface area contributed by atoms with Gasteiger partial charge in [-0.3, -0.25) is 9.78 Å². The Kier molecular flexibility index (Phi) is 5.81. The van der Waals surface area contributed by atoms with E-state index < -0.39 is 0 Å². The molecule has 0 fully saturated rings. The van der Waals surface area contributed by atoms with Gasteiger partial charge >= 0.3 is 0 Å². The van der Waals surface area contributed by atoms with Gasteiger partial charge in [-0.25, -0.2) is 4.39 Å². The molecule has 0 aliphatic rings. The summed E-state index contributed by atoms with van der Waals surface area (Å²) in [5.41, 5.74) is 4.98. The van der Waals surface area contributed by atoms with Gasteiger partial charge in [-0.2, -0.15) is 0 Å². The van der Waals surface area contributed by atoms with Crippen LogP contribution >= 0.6 is 0 Å². The van der Waals surface area contributed by atoms with Crippen LogP contribution in [0.3, 0.4) is 0 Å². The zero-order valence-corrected chi connectivity index (χ0v) is 15.4. The zero-order chi connectivity index (χ0) is 19.2. The molecule has 1 aromatic heterocycles. The summed E-state index contributed by atoms with van der Waals surface area (Å²) in [5.74, 6) is -0.542. The fourth-order valence-corrected chi connectivity index (χ4v) is 2.95. The minimum absolute atomic E-state index is 0.260. The molecule has 2 aromatic carbocycles. The number of amides is 1. The number of carbonyl (C=O) groups is 1. The molecule has 3 rings (SSSR count). The van der Waals surface area contributed by atoms with Gasteiger partial charge in [-0.15, -0.1) is 0 Å². The van der Waals surface area contributed by atoms with Crippen LogP contribution in [-0.4, -0.2) is 17.4 Å². The average molecular weight is 363 g/mol. The highest BCUT2D eigenvalue weighted by molar-refractivity contribution is 5.93. The average Bonchev–Trinajstić information content (AvgIpc) is 2.62. The summed E-state index contributed by atoms with van der Waals surface area (Å²) >= 11 is 0. The van der Waals surface area contributed by atoms with Crippen molar-refractivity contribution in [2.75, 3.05) is 11.9 Å². The maximum Gasteiger partial charge on any atom is 0.269 e. The lowest BCUT2D eigenvalue weighted by Crippen LogP contribution is -2.26. The monoisotopic (exact) mass is 363 g/mol. The van der Waals surface area contributed by atoms with Crippen molar-refractivity contribution in [3.8, 4) is 0 Å². The van der Waals surface area contributed by atoms with Crippen molar-refractivity contribution in [3.63, 3.8) is 0 Å². The molecule has 5 heteroatoms. The molecule has 1 amide bonds. The summed E-state index contributed by atoms with van der Waals surface area (Å²) in [6, 6.07) is 16.3. The second kappa shape index (κ2) is 8.45. The van der Waals surface area contributed by atoms with Crippen molar-refractivity contribution in [1.29, 1.82) is 0 Å². The molecule has 0 spiro atoms. The molecule has 0 bridgehead atoms. The van der Waals surface area contributed by atoms with Crippen molar-refractivity contribution in [3.05, 3.63) is 89.0 Å². The van der Waals surface area contributed by atoms with Gasteiger partial charge in [0.25, 0.3) is 5.91 Å². The van der Waals surface area contributed by atoms with E-state index in [4.69, 9.17) is 0 Å². The van der Waals surface area contributed by atoms with Gasteiger partial charge in [-0.1, -0.05) is 24.3 Å². The number of aromatic nitrogens is 1. The molecule has 138 valence electrons. The zero-order valence-electron chi connectivity index (χ0n) is 15.4. The molecule has 0 aliphatic heterocycles. The number of pyridine rings is 1. The first-order valence-corrected chi connectivity index (χ1v) is 8.84. The van der Waals surface area contributed by atoms with E-state index in [1.54, 1.807) is 30.5 Å². The highest BCUT2D eigenvalue weighted by atomic mass is 19.1. The van der Waals surface area contributed by atoms with Crippen LogP contribution in [0.1, 0.15) is 27.2 Å². The van der Waals surface area contributed by atoms with E-state index in [9.17, 15) is 9.18 Å². The molecule has 27 heavy (non-hydrogen) atoms. The standard InChI is InChI=1S/C22H22FN3O/c1-15-11-16(2)13-19(12-15)26-18-8-10-24-21(14-18)22(27)25-9-7-17-5-3-4-6-20(17)23/h3-6,8,10-14H,7,9H2,1-2H3,(H,24,26)(H,25,27). The Morgan fingerprint density at radius 3 is 2.48 bits per heavy atom. The van der Waals surface area contributed by atoms with E-state index in [1.807, 2.05) is 32.0 Å². The lowest BCUT2D eigenvalue weighted by molar-refractivity contribution is 0.0949. The fourth-order valence-electron chi connectivity index (χ4n) is 2.95. The van der Waals surface area contributed by atoms with E-state index >= 15 is 0 Å². The molecule has 0 saturated carbocycles. The third kappa shape index (κ3) is 5.14.